The van der Waals surface area contributed by atoms with E-state index in [0.29, 0.717) is 32.1 Å². The molecule has 0 saturated carbocycles. The van der Waals surface area contributed by atoms with Crippen LogP contribution in [0.4, 0.5) is 0 Å². The third-order valence-corrected chi connectivity index (χ3v) is 31.0. The second-order valence-electron chi connectivity index (χ2n) is 39.0. The zero-order valence-corrected chi connectivity index (χ0v) is 85.0. The van der Waals surface area contributed by atoms with Crippen LogP contribution < -0.4 is 44.2 Å². The minimum Gasteiger partial charge on any atom is -0.343 e. The van der Waals surface area contributed by atoms with E-state index >= 15 is 0 Å². The molecule has 15 rings (SSSR count). The summed E-state index contributed by atoms with van der Waals surface area (Å²) in [5.74, 6) is -1.26. The number of amides is 8. The summed E-state index contributed by atoms with van der Waals surface area (Å²) >= 11 is 8.17. The number of aromatic nitrogens is 4. The first-order chi connectivity index (χ1) is 64.3. The van der Waals surface area contributed by atoms with E-state index in [-0.39, 0.29) is 101 Å². The van der Waals surface area contributed by atoms with Crippen molar-refractivity contribution in [3.05, 3.63) is 268 Å². The molecule has 8 amide bonds. The molecular weight excluding hydrogens is 1790 g/mol. The zero-order chi connectivity index (χ0) is 97.5. The summed E-state index contributed by atoms with van der Waals surface area (Å²) in [4.78, 5) is 131. The van der Waals surface area contributed by atoms with Gasteiger partial charge >= 0.3 is 0 Å². The van der Waals surface area contributed by atoms with Gasteiger partial charge in [0.1, 0.15) is 44.2 Å². The van der Waals surface area contributed by atoms with Crippen LogP contribution in [0.15, 0.2) is 203 Å². The van der Waals surface area contributed by atoms with Gasteiger partial charge in [0.05, 0.1) is 82.4 Å². The van der Waals surface area contributed by atoms with Crippen molar-refractivity contribution in [3.8, 4) is 11.3 Å². The molecule has 0 radical (unpaired) electrons. The van der Waals surface area contributed by atoms with Crippen LogP contribution in [0, 0.1) is 29.1 Å². The van der Waals surface area contributed by atoms with E-state index in [9.17, 15) is 38.4 Å². The molecule has 4 aliphatic heterocycles. The molecular formula is C106H136N16O8S5. The third kappa shape index (κ3) is 24.5. The predicted molar refractivity (Wildman–Crippen MR) is 546 cm³/mol. The Morgan fingerprint density at radius 2 is 0.748 bits per heavy atom. The monoisotopic (exact) mass is 1920 g/mol. The highest BCUT2D eigenvalue weighted by molar-refractivity contribution is 7.18. The van der Waals surface area contributed by atoms with Crippen LogP contribution in [-0.2, 0) is 49.2 Å². The van der Waals surface area contributed by atoms with E-state index in [4.69, 9.17) is 42.9 Å². The molecule has 5 aromatic heterocycles. The molecule has 0 spiro atoms. The Bertz CT molecular complexity index is 5690. The fourth-order valence-corrected chi connectivity index (χ4v) is 23.2. The lowest BCUT2D eigenvalue weighted by atomic mass is 9.74. The molecule has 24 nitrogen and oxygen atoms in total. The molecule has 135 heavy (non-hydrogen) atoms. The van der Waals surface area contributed by atoms with Crippen molar-refractivity contribution in [1.82, 2.24) is 60.8 Å². The molecule has 11 aromatic rings. The predicted octanol–water partition coefficient (Wildman–Crippen LogP) is 17.6. The number of benzene rings is 6. The highest BCUT2D eigenvalue weighted by Gasteiger charge is 2.46. The molecule has 0 aliphatic carbocycles. The first kappa shape index (κ1) is 103. The number of fused-ring (bicyclic) bond motifs is 1. The number of rotatable bonds is 28. The lowest BCUT2D eigenvalue weighted by molar-refractivity contribution is -0.140. The van der Waals surface area contributed by atoms with Crippen molar-refractivity contribution in [2.45, 2.75) is 252 Å². The smallest absolute Gasteiger partial charge is 0.246 e. The Morgan fingerprint density at radius 3 is 1.19 bits per heavy atom. The molecule has 13 atom stereocenters. The topological polar surface area (TPSA) is 353 Å². The Hall–Kier alpha value is -10.6. The summed E-state index contributed by atoms with van der Waals surface area (Å²) in [6, 6.07) is 55.0. The Labute approximate surface area is 816 Å². The van der Waals surface area contributed by atoms with E-state index in [0.717, 1.165) is 93.3 Å². The Morgan fingerprint density at radius 1 is 0.378 bits per heavy atom. The molecule has 0 bridgehead atoms. The van der Waals surface area contributed by atoms with Gasteiger partial charge in [0.2, 0.25) is 47.3 Å². The van der Waals surface area contributed by atoms with E-state index in [1.807, 2.05) is 137 Å². The standard InChI is InChI=1S/2C29H36N4O2S.C24H30N4O2S2.C24H34N4O2S/c1-19(30)26(34)32-25(29(2,3)4)28(35)33-17-11-16-23(33)27-31-22(18-36-27)24(20-12-7-5-8-13-20)21-14-9-6-10-15-21;1-19(2)25(32-26(34)20(3)30)28(35)33-17-11-16-23(33)27-31-24(18-36-27)29(4,21-12-7-5-8-13-21)22-14-9-6-10-15-22;1-13(2)20(27-22(29)15(4)25)24(30)28-10-9-14(3)21(28)23-26-18(12-32-23)17-11-31-19-8-6-5-7-16(17)19;1-15(2)20(27-21(29)16(3)25)23(30)28-13-9-12-18(28)22-26-19(14-31-22)24(4,5)17-10-7-6-8-11-17/h5-10,12-15,18-19,23-25H,11,16-17,30H2,1-4H3,(H,32,34);5-10,12-15,18-20,23,25H,11,16-17,30H2,1-4H3,(H,32,34);5-8,11-15,20-21H,9-10,25H2,1-4H3,(H,27,29);6-8,10-11,14-16,18,20H,9,12-13,25H2,1-5H3,(H,27,29)/t19-,23?,25+;20-,23-,25-;14-,15-,20-,21-;16-,18-,20-/m0000/s1. The molecule has 1 unspecified atom stereocenters. The van der Waals surface area contributed by atoms with Crippen molar-refractivity contribution >= 4 is 114 Å². The second-order valence-corrected chi connectivity index (χ2v) is 43.5. The van der Waals surface area contributed by atoms with Gasteiger partial charge in [-0.3, -0.25) is 38.4 Å². The van der Waals surface area contributed by atoms with Gasteiger partial charge in [-0.2, -0.15) is 0 Å². The van der Waals surface area contributed by atoms with Gasteiger partial charge in [0.25, 0.3) is 0 Å². The largest absolute Gasteiger partial charge is 0.343 e. The number of hydrogen-bond donors (Lipinski definition) is 8. The summed E-state index contributed by atoms with van der Waals surface area (Å²) < 4.78 is 1.24. The molecule has 12 N–H and O–H groups in total. The molecule has 4 fully saturated rings. The Kier molecular flexibility index (Phi) is 35.2. The van der Waals surface area contributed by atoms with Gasteiger partial charge in [-0.05, 0) is 143 Å². The van der Waals surface area contributed by atoms with Crippen LogP contribution >= 0.6 is 56.7 Å². The summed E-state index contributed by atoms with van der Waals surface area (Å²) in [5.41, 5.74) is 32.9. The highest BCUT2D eigenvalue weighted by atomic mass is 32.1. The Balaban J connectivity index is 0.000000162. The number of hydrogen-bond acceptors (Lipinski definition) is 21. The molecule has 4 saturated heterocycles. The van der Waals surface area contributed by atoms with Crippen molar-refractivity contribution in [3.63, 3.8) is 0 Å². The summed E-state index contributed by atoms with van der Waals surface area (Å²) in [6.07, 6.45) is 6.27. The fourth-order valence-electron chi connectivity index (χ4n) is 18.0. The zero-order valence-electron chi connectivity index (χ0n) is 80.9. The van der Waals surface area contributed by atoms with E-state index in [2.05, 4.69) is 197 Å². The van der Waals surface area contributed by atoms with Gasteiger partial charge in [0, 0.05) is 74.1 Å². The minimum absolute atomic E-state index is 0.0237. The maximum Gasteiger partial charge on any atom is 0.246 e. The highest BCUT2D eigenvalue weighted by Crippen LogP contribution is 2.47. The number of carbonyl (C=O) groups excluding carboxylic acids is 8. The minimum atomic E-state index is -0.675. The van der Waals surface area contributed by atoms with Crippen LogP contribution in [0.1, 0.15) is 258 Å². The van der Waals surface area contributed by atoms with Crippen molar-refractivity contribution in [2.75, 3.05) is 26.2 Å². The van der Waals surface area contributed by atoms with Crippen molar-refractivity contribution in [2.24, 2.45) is 52.0 Å². The molecule has 4 aliphatic rings. The number of thiazole rings is 4. The van der Waals surface area contributed by atoms with E-state index < -0.39 is 59.2 Å². The van der Waals surface area contributed by atoms with Crippen LogP contribution in [0.5, 0.6) is 0 Å². The summed E-state index contributed by atoms with van der Waals surface area (Å²) in [6.45, 7) is 35.5. The summed E-state index contributed by atoms with van der Waals surface area (Å²) in [7, 11) is 0. The first-order valence-electron chi connectivity index (χ1n) is 47.3. The maximum atomic E-state index is 13.8. The third-order valence-electron chi connectivity index (χ3n) is 26.2. The van der Waals surface area contributed by atoms with Crippen LogP contribution in [0.25, 0.3) is 21.3 Å². The van der Waals surface area contributed by atoms with Gasteiger partial charge in [-0.1, -0.05) is 253 Å². The number of carbonyl (C=O) groups is 8. The van der Waals surface area contributed by atoms with Crippen LogP contribution in [-0.4, -0.2) is 161 Å². The van der Waals surface area contributed by atoms with E-state index in [1.54, 1.807) is 84.4 Å². The molecule has 29 heteroatoms. The maximum absolute atomic E-state index is 13.8. The van der Waals surface area contributed by atoms with Gasteiger partial charge in [-0.25, -0.2) is 19.9 Å². The molecule has 718 valence electrons. The van der Waals surface area contributed by atoms with Crippen molar-refractivity contribution < 1.29 is 38.4 Å². The second kappa shape index (κ2) is 46.0. The fraction of sp³-hybridized carbons (Fsp3) is 0.453. The lowest BCUT2D eigenvalue weighted by Crippen LogP contribution is -2.57. The van der Waals surface area contributed by atoms with Gasteiger partial charge in [0.15, 0.2) is 0 Å². The molecule has 9 heterocycles. The van der Waals surface area contributed by atoms with Crippen molar-refractivity contribution in [1.29, 1.82) is 0 Å². The quantitative estimate of drug-likeness (QED) is 0.0226. The number of likely N-dealkylation sites (tertiary alicyclic amines) is 4. The summed E-state index contributed by atoms with van der Waals surface area (Å²) in [5, 5.41) is 27.1. The van der Waals surface area contributed by atoms with Gasteiger partial charge in [-0.15, -0.1) is 56.7 Å². The lowest BCUT2D eigenvalue weighted by Gasteiger charge is -2.35. The van der Waals surface area contributed by atoms with Crippen LogP contribution in [0.3, 0.4) is 0 Å². The molecule has 6 aromatic carbocycles. The average molecular weight is 1920 g/mol. The van der Waals surface area contributed by atoms with E-state index in [1.165, 1.54) is 37.9 Å². The average Bonchev–Trinajstić information content (AvgIpc) is 1.66. The number of nitrogens with zero attached hydrogens (tertiary/aromatic N) is 8. The van der Waals surface area contributed by atoms with Crippen LogP contribution in [0.2, 0.25) is 0 Å². The number of nitrogens with two attached hydrogens (primary N) is 4. The SMILES string of the molecule is CC(C)[C@H](NC(=O)[C@H](C)N)C(=O)N1CCC[C@H]1c1nc(C(C)(C)c2ccccc2)cs1.CC(C)[C@H](NC(=O)[C@H](C)N)C(=O)N1CCC[C@H]1c1nc(C(C)(c2ccccc2)c2ccccc2)cs1.CC(C)[C@H](NC(=O)[C@H](C)N)C(=O)N1CC[C@H](C)[C@H]1c1nc(-c2csc3ccccc23)cs1.C[C@H](N)C(=O)N[C@H](C(=O)N1CCCC1c1nc(C(c2ccccc2)c2ccccc2)cs1)C(C)(C)C. The normalized spacial score (nSPS) is 18.7. The number of nitrogens with one attached hydrogen (secondary N) is 4. The first-order valence-corrected chi connectivity index (χ1v) is 51.7. The van der Waals surface area contributed by atoms with Gasteiger partial charge < -0.3 is 63.8 Å². The number of thiophene rings is 1.